The summed E-state index contributed by atoms with van der Waals surface area (Å²) >= 11 is 0. The number of hydrogen-bond donors (Lipinski definition) is 2. The van der Waals surface area contributed by atoms with Crippen LogP contribution in [0.25, 0.3) is 0 Å². The van der Waals surface area contributed by atoms with Crippen molar-refractivity contribution in [2.75, 3.05) is 19.7 Å². The fraction of sp³-hybridized carbons (Fsp3) is 0.462. The van der Waals surface area contributed by atoms with Crippen LogP contribution in [0.1, 0.15) is 17.5 Å². The van der Waals surface area contributed by atoms with E-state index in [9.17, 15) is 4.79 Å². The molecule has 0 aromatic heterocycles. The molecule has 0 heterocycles. The van der Waals surface area contributed by atoms with Crippen LogP contribution >= 0.6 is 0 Å². The van der Waals surface area contributed by atoms with Gasteiger partial charge in [0.1, 0.15) is 12.4 Å². The molecule has 1 aromatic carbocycles. The lowest BCUT2D eigenvalue weighted by Crippen LogP contribution is -2.29. The number of ether oxygens (including phenoxy) is 1. The number of rotatable bonds is 6. The molecule has 0 aliphatic carbocycles. The second-order valence-electron chi connectivity index (χ2n) is 4.01. The molecule has 0 saturated heterocycles. The third-order valence-electron chi connectivity index (χ3n) is 2.40. The Labute approximate surface area is 102 Å². The predicted octanol–water partition coefficient (Wildman–Crippen LogP) is 1.15. The second kappa shape index (κ2) is 6.91. The number of benzene rings is 1. The summed E-state index contributed by atoms with van der Waals surface area (Å²) in [7, 11) is 0. The highest BCUT2D eigenvalue weighted by Crippen LogP contribution is 2.18. The fourth-order valence-electron chi connectivity index (χ4n) is 1.43. The highest BCUT2D eigenvalue weighted by molar-refractivity contribution is 5.75. The van der Waals surface area contributed by atoms with Crippen LogP contribution in [0.4, 0.5) is 0 Å². The number of amides is 1. The van der Waals surface area contributed by atoms with Gasteiger partial charge in [-0.1, -0.05) is 12.1 Å². The maximum absolute atomic E-state index is 11.1. The van der Waals surface area contributed by atoms with E-state index in [2.05, 4.69) is 5.32 Å². The zero-order valence-corrected chi connectivity index (χ0v) is 10.5. The fourth-order valence-corrected chi connectivity index (χ4v) is 1.43. The Hall–Kier alpha value is -1.55. The van der Waals surface area contributed by atoms with Crippen LogP contribution in [0.2, 0.25) is 0 Å². The third kappa shape index (κ3) is 4.87. The Morgan fingerprint density at radius 1 is 1.41 bits per heavy atom. The van der Waals surface area contributed by atoms with Crippen molar-refractivity contribution < 1.29 is 9.53 Å². The van der Waals surface area contributed by atoms with Gasteiger partial charge in [0.2, 0.25) is 5.91 Å². The predicted molar refractivity (Wildman–Crippen MR) is 68.1 cm³/mol. The molecule has 1 rings (SSSR count). The molecule has 1 amide bonds. The van der Waals surface area contributed by atoms with E-state index < -0.39 is 0 Å². The van der Waals surface area contributed by atoms with Crippen molar-refractivity contribution in [1.29, 1.82) is 0 Å². The van der Waals surface area contributed by atoms with Gasteiger partial charge in [-0.2, -0.15) is 0 Å². The summed E-state index contributed by atoms with van der Waals surface area (Å²) in [4.78, 5) is 11.1. The summed E-state index contributed by atoms with van der Waals surface area (Å²) in [5, 5.41) is 2.74. The van der Waals surface area contributed by atoms with E-state index in [1.165, 1.54) is 0 Å². The molecule has 1 aromatic rings. The van der Waals surface area contributed by atoms with Gasteiger partial charge >= 0.3 is 0 Å². The number of hydrogen-bond acceptors (Lipinski definition) is 3. The number of aryl methyl sites for hydroxylation is 2. The summed E-state index contributed by atoms with van der Waals surface area (Å²) in [5.41, 5.74) is 7.53. The molecule has 0 saturated carbocycles. The van der Waals surface area contributed by atoms with E-state index in [1.54, 1.807) is 0 Å². The van der Waals surface area contributed by atoms with E-state index in [1.807, 2.05) is 32.0 Å². The highest BCUT2D eigenvalue weighted by Gasteiger charge is 2.01. The molecule has 0 spiro atoms. The molecule has 3 N–H and O–H groups in total. The summed E-state index contributed by atoms with van der Waals surface area (Å²) in [6.45, 7) is 5.38. The van der Waals surface area contributed by atoms with Crippen LogP contribution < -0.4 is 15.8 Å². The molecular formula is C13H20N2O2. The lowest BCUT2D eigenvalue weighted by Gasteiger charge is -2.10. The smallest absolute Gasteiger partial charge is 0.221 e. The van der Waals surface area contributed by atoms with Gasteiger partial charge in [-0.15, -0.1) is 0 Å². The van der Waals surface area contributed by atoms with Crippen LogP contribution in [0.5, 0.6) is 5.75 Å². The molecule has 4 heteroatoms. The van der Waals surface area contributed by atoms with Crippen molar-refractivity contribution in [3.63, 3.8) is 0 Å². The zero-order chi connectivity index (χ0) is 12.7. The average Bonchev–Trinajstić information content (AvgIpc) is 2.29. The van der Waals surface area contributed by atoms with E-state index in [0.717, 1.165) is 16.9 Å². The number of nitrogens with one attached hydrogen (secondary N) is 1. The SMILES string of the molecule is Cc1ccc(C)c(OCCNC(=O)CCN)c1. The summed E-state index contributed by atoms with van der Waals surface area (Å²) in [6.07, 6.45) is 0.365. The quantitative estimate of drug-likeness (QED) is 0.728. The van der Waals surface area contributed by atoms with Crippen LogP contribution in [0.3, 0.4) is 0 Å². The van der Waals surface area contributed by atoms with Crippen LogP contribution in [-0.2, 0) is 4.79 Å². The number of nitrogens with two attached hydrogens (primary N) is 1. The molecule has 0 unspecified atom stereocenters. The average molecular weight is 236 g/mol. The van der Waals surface area contributed by atoms with E-state index >= 15 is 0 Å². The van der Waals surface area contributed by atoms with Crippen molar-refractivity contribution in [2.24, 2.45) is 5.73 Å². The summed E-state index contributed by atoms with van der Waals surface area (Å²) in [5.74, 6) is 0.843. The molecule has 0 aliphatic heterocycles. The molecular weight excluding hydrogens is 216 g/mol. The normalized spacial score (nSPS) is 10.1. The topological polar surface area (TPSA) is 64.3 Å². The van der Waals surface area contributed by atoms with Crippen molar-refractivity contribution >= 4 is 5.91 Å². The molecule has 17 heavy (non-hydrogen) atoms. The van der Waals surface area contributed by atoms with E-state index in [4.69, 9.17) is 10.5 Å². The maximum atomic E-state index is 11.1. The highest BCUT2D eigenvalue weighted by atomic mass is 16.5. The molecule has 4 nitrogen and oxygen atoms in total. The molecule has 0 bridgehead atoms. The summed E-state index contributed by atoms with van der Waals surface area (Å²) < 4.78 is 5.60. The van der Waals surface area contributed by atoms with Gasteiger partial charge in [0.25, 0.3) is 0 Å². The zero-order valence-electron chi connectivity index (χ0n) is 10.5. The van der Waals surface area contributed by atoms with Gasteiger partial charge in [0.15, 0.2) is 0 Å². The van der Waals surface area contributed by atoms with Crippen molar-refractivity contribution in [3.8, 4) is 5.75 Å². The summed E-state index contributed by atoms with van der Waals surface area (Å²) in [6, 6.07) is 6.07. The Morgan fingerprint density at radius 3 is 2.88 bits per heavy atom. The van der Waals surface area contributed by atoms with Crippen LogP contribution in [0, 0.1) is 13.8 Å². The standard InChI is InChI=1S/C13H20N2O2/c1-10-3-4-11(2)12(9-10)17-8-7-15-13(16)5-6-14/h3-4,9H,5-8,14H2,1-2H3,(H,15,16). The molecule has 0 fully saturated rings. The lowest BCUT2D eigenvalue weighted by atomic mass is 10.1. The van der Waals surface area contributed by atoms with E-state index in [0.29, 0.717) is 26.1 Å². The Balaban J connectivity index is 2.31. The van der Waals surface area contributed by atoms with Crippen LogP contribution in [0.15, 0.2) is 18.2 Å². The minimum absolute atomic E-state index is 0.0305. The maximum Gasteiger partial charge on any atom is 0.221 e. The first-order valence-corrected chi connectivity index (χ1v) is 5.80. The van der Waals surface area contributed by atoms with Crippen molar-refractivity contribution in [3.05, 3.63) is 29.3 Å². The van der Waals surface area contributed by atoms with Gasteiger partial charge in [0.05, 0.1) is 6.54 Å². The Bertz CT molecular complexity index is 378. The van der Waals surface area contributed by atoms with E-state index in [-0.39, 0.29) is 5.91 Å². The van der Waals surface area contributed by atoms with Gasteiger partial charge in [-0.3, -0.25) is 4.79 Å². The van der Waals surface area contributed by atoms with Crippen LogP contribution in [-0.4, -0.2) is 25.6 Å². The largest absolute Gasteiger partial charge is 0.491 e. The molecule has 0 aliphatic rings. The number of carbonyl (C=O) groups excluding carboxylic acids is 1. The van der Waals surface area contributed by atoms with Gasteiger partial charge in [0, 0.05) is 13.0 Å². The minimum Gasteiger partial charge on any atom is -0.491 e. The van der Waals surface area contributed by atoms with Crippen molar-refractivity contribution in [1.82, 2.24) is 5.32 Å². The van der Waals surface area contributed by atoms with Gasteiger partial charge in [-0.25, -0.2) is 0 Å². The lowest BCUT2D eigenvalue weighted by molar-refractivity contribution is -0.120. The molecule has 94 valence electrons. The minimum atomic E-state index is -0.0305. The van der Waals surface area contributed by atoms with Gasteiger partial charge in [-0.05, 0) is 31.0 Å². The first-order chi connectivity index (χ1) is 8.13. The van der Waals surface area contributed by atoms with Crippen molar-refractivity contribution in [2.45, 2.75) is 20.3 Å². The van der Waals surface area contributed by atoms with Gasteiger partial charge < -0.3 is 15.8 Å². The molecule has 0 radical (unpaired) electrons. The first kappa shape index (κ1) is 13.5. The molecule has 0 atom stereocenters. The number of carbonyl (C=O) groups is 1. The Morgan fingerprint density at radius 2 is 2.18 bits per heavy atom. The Kier molecular flexibility index (Phi) is 5.49. The monoisotopic (exact) mass is 236 g/mol. The second-order valence-corrected chi connectivity index (χ2v) is 4.01. The third-order valence-corrected chi connectivity index (χ3v) is 2.40. The first-order valence-electron chi connectivity index (χ1n) is 5.80.